The van der Waals surface area contributed by atoms with E-state index in [2.05, 4.69) is 15.3 Å². The third kappa shape index (κ3) is 5.11. The summed E-state index contributed by atoms with van der Waals surface area (Å²) in [5.74, 6) is 0.545. The van der Waals surface area contributed by atoms with E-state index in [1.54, 1.807) is 41.2 Å². The zero-order valence-electron chi connectivity index (χ0n) is 17.0. The predicted octanol–water partition coefficient (Wildman–Crippen LogP) is 1.58. The van der Waals surface area contributed by atoms with Gasteiger partial charge in [-0.05, 0) is 36.2 Å². The Labute approximate surface area is 188 Å². The smallest absolute Gasteiger partial charge is 0.265 e. The Hall–Kier alpha value is -2.90. The average molecular weight is 476 g/mol. The zero-order chi connectivity index (χ0) is 22.9. The third-order valence-corrected chi connectivity index (χ3v) is 7.02. The first-order valence-electron chi connectivity index (χ1n) is 9.59. The predicted molar refractivity (Wildman–Crippen MR) is 118 cm³/mol. The summed E-state index contributed by atoms with van der Waals surface area (Å²) in [6.07, 6.45) is 0.00371. The van der Waals surface area contributed by atoms with Crippen molar-refractivity contribution >= 4 is 31.6 Å². The van der Waals surface area contributed by atoms with Gasteiger partial charge < -0.3 is 14.9 Å². The number of hydrogen-bond donors (Lipinski definition) is 3. The van der Waals surface area contributed by atoms with E-state index in [4.69, 9.17) is 9.88 Å². The van der Waals surface area contributed by atoms with Crippen LogP contribution in [0.5, 0.6) is 5.75 Å². The van der Waals surface area contributed by atoms with Crippen LogP contribution in [0.2, 0.25) is 0 Å². The molecule has 0 bridgehead atoms. The van der Waals surface area contributed by atoms with E-state index in [0.29, 0.717) is 33.8 Å². The molecule has 0 unspecified atom stereocenters. The van der Waals surface area contributed by atoms with Crippen LogP contribution in [-0.4, -0.2) is 44.7 Å². The molecule has 0 saturated carbocycles. The number of sulfonamides is 1. The minimum atomic E-state index is -3.84. The number of rotatable bonds is 8. The molecule has 2 atom stereocenters. The van der Waals surface area contributed by atoms with Gasteiger partial charge in [0.25, 0.3) is 10.0 Å². The summed E-state index contributed by atoms with van der Waals surface area (Å²) in [5, 5.41) is 32.7. The quantitative estimate of drug-likeness (QED) is 0.347. The van der Waals surface area contributed by atoms with Crippen LogP contribution in [0.15, 0.2) is 53.0 Å². The highest BCUT2D eigenvalue weighted by Crippen LogP contribution is 2.28. The Morgan fingerprint density at radius 1 is 1.19 bits per heavy atom. The van der Waals surface area contributed by atoms with Gasteiger partial charge in [-0.25, -0.2) is 23.2 Å². The molecule has 0 aliphatic heterocycles. The molecule has 12 heteroatoms. The molecule has 168 valence electrons. The van der Waals surface area contributed by atoms with Crippen molar-refractivity contribution < 1.29 is 23.4 Å². The SMILES string of the molecule is C[C@@H](O)[C@@H](O)c1ccc(Cn2cc(COc3ccc4nc(S(N)(=O)=O)sc4c3)nn2)cc1. The van der Waals surface area contributed by atoms with Crippen LogP contribution in [0.1, 0.15) is 29.8 Å². The first-order chi connectivity index (χ1) is 15.2. The second kappa shape index (κ2) is 8.92. The molecule has 0 amide bonds. The number of aromatic nitrogens is 4. The molecule has 4 aromatic rings. The zero-order valence-corrected chi connectivity index (χ0v) is 18.6. The van der Waals surface area contributed by atoms with E-state index in [1.807, 2.05) is 12.1 Å². The molecule has 0 spiro atoms. The minimum Gasteiger partial charge on any atom is -0.487 e. The maximum atomic E-state index is 11.5. The fourth-order valence-corrected chi connectivity index (χ4v) is 4.71. The van der Waals surface area contributed by atoms with Crippen LogP contribution < -0.4 is 9.88 Å². The Morgan fingerprint density at radius 3 is 2.62 bits per heavy atom. The Kier molecular flexibility index (Phi) is 6.22. The fraction of sp³-hybridized carbons (Fsp3) is 0.250. The summed E-state index contributed by atoms with van der Waals surface area (Å²) < 4.78 is 30.9. The number of ether oxygens (including phenoxy) is 1. The van der Waals surface area contributed by atoms with Crippen molar-refractivity contribution in [1.82, 2.24) is 20.0 Å². The largest absolute Gasteiger partial charge is 0.487 e. The van der Waals surface area contributed by atoms with Crippen molar-refractivity contribution in [3.8, 4) is 5.75 Å². The van der Waals surface area contributed by atoms with Gasteiger partial charge in [0, 0.05) is 0 Å². The van der Waals surface area contributed by atoms with Crippen molar-refractivity contribution in [3.05, 3.63) is 65.5 Å². The lowest BCUT2D eigenvalue weighted by atomic mass is 10.0. The number of aliphatic hydroxyl groups excluding tert-OH is 2. The second-order valence-corrected chi connectivity index (χ2v) is 10.0. The number of primary sulfonamides is 1. The van der Waals surface area contributed by atoms with Gasteiger partial charge in [-0.1, -0.05) is 29.5 Å². The van der Waals surface area contributed by atoms with Gasteiger partial charge in [0.05, 0.1) is 29.1 Å². The lowest BCUT2D eigenvalue weighted by Crippen LogP contribution is -2.13. The number of benzene rings is 2. The molecule has 0 aliphatic rings. The third-order valence-electron chi connectivity index (χ3n) is 4.68. The summed E-state index contributed by atoms with van der Waals surface area (Å²) in [4.78, 5) is 4.01. The highest BCUT2D eigenvalue weighted by Gasteiger charge is 2.15. The molecule has 2 aromatic carbocycles. The van der Waals surface area contributed by atoms with Crippen LogP contribution >= 0.6 is 11.3 Å². The molecule has 0 saturated heterocycles. The van der Waals surface area contributed by atoms with Crippen molar-refractivity contribution in [2.75, 3.05) is 0 Å². The molecular formula is C20H21N5O5S2. The first-order valence-corrected chi connectivity index (χ1v) is 12.0. The van der Waals surface area contributed by atoms with Gasteiger partial charge in [-0.15, -0.1) is 16.4 Å². The van der Waals surface area contributed by atoms with Crippen LogP contribution in [-0.2, 0) is 23.2 Å². The van der Waals surface area contributed by atoms with Crippen molar-refractivity contribution in [2.45, 2.75) is 36.6 Å². The first kappa shape index (κ1) is 22.3. The van der Waals surface area contributed by atoms with Gasteiger partial charge in [0.2, 0.25) is 4.34 Å². The molecule has 10 nitrogen and oxygen atoms in total. The molecule has 0 aliphatic carbocycles. The van der Waals surface area contributed by atoms with Crippen molar-refractivity contribution in [2.24, 2.45) is 5.14 Å². The maximum absolute atomic E-state index is 11.5. The van der Waals surface area contributed by atoms with Crippen LogP contribution in [0.25, 0.3) is 10.2 Å². The van der Waals surface area contributed by atoms with Gasteiger partial charge in [-0.3, -0.25) is 0 Å². The maximum Gasteiger partial charge on any atom is 0.265 e. The monoisotopic (exact) mass is 475 g/mol. The number of nitrogens with two attached hydrogens (primary N) is 1. The standard InChI is InChI=1S/C20H21N5O5S2/c1-12(26)19(27)14-4-2-13(3-5-14)9-25-10-15(23-24-25)11-30-16-6-7-17-18(8-16)31-20(22-17)32(21,28)29/h2-8,10,12,19,26-27H,9,11H2,1H3,(H2,21,28,29)/t12-,19-/m1/s1. The highest BCUT2D eigenvalue weighted by atomic mass is 32.2. The molecule has 32 heavy (non-hydrogen) atoms. The Bertz CT molecular complexity index is 1330. The van der Waals surface area contributed by atoms with Crippen LogP contribution in [0.4, 0.5) is 0 Å². The van der Waals surface area contributed by atoms with E-state index in [-0.39, 0.29) is 10.9 Å². The molecule has 0 fully saturated rings. The molecule has 4 rings (SSSR count). The van der Waals surface area contributed by atoms with E-state index < -0.39 is 22.2 Å². The molecule has 2 aromatic heterocycles. The summed E-state index contributed by atoms with van der Waals surface area (Å²) in [6.45, 7) is 2.21. The summed E-state index contributed by atoms with van der Waals surface area (Å²) >= 11 is 0.984. The Balaban J connectivity index is 1.38. The molecule has 4 N–H and O–H groups in total. The van der Waals surface area contributed by atoms with Gasteiger partial charge in [0.1, 0.15) is 24.2 Å². The lowest BCUT2D eigenvalue weighted by molar-refractivity contribution is 0.0305. The van der Waals surface area contributed by atoms with Crippen LogP contribution in [0.3, 0.4) is 0 Å². The lowest BCUT2D eigenvalue weighted by Gasteiger charge is -2.14. The Morgan fingerprint density at radius 2 is 1.94 bits per heavy atom. The van der Waals surface area contributed by atoms with Gasteiger partial charge in [-0.2, -0.15) is 0 Å². The summed E-state index contributed by atoms with van der Waals surface area (Å²) in [5.41, 5.74) is 2.76. The average Bonchev–Trinajstić information content (AvgIpc) is 3.38. The van der Waals surface area contributed by atoms with Gasteiger partial charge in [0.15, 0.2) is 0 Å². The number of thiazole rings is 1. The number of fused-ring (bicyclic) bond motifs is 1. The van der Waals surface area contributed by atoms with E-state index in [9.17, 15) is 18.6 Å². The minimum absolute atomic E-state index is 0.138. The van der Waals surface area contributed by atoms with E-state index in [0.717, 1.165) is 16.9 Å². The van der Waals surface area contributed by atoms with Crippen molar-refractivity contribution in [1.29, 1.82) is 0 Å². The van der Waals surface area contributed by atoms with E-state index >= 15 is 0 Å². The van der Waals surface area contributed by atoms with Crippen LogP contribution in [0, 0.1) is 0 Å². The summed E-state index contributed by atoms with van der Waals surface area (Å²) in [6, 6.07) is 12.3. The number of aliphatic hydroxyl groups is 2. The molecule has 2 heterocycles. The normalized spacial score (nSPS) is 13.9. The molecule has 0 radical (unpaired) electrons. The van der Waals surface area contributed by atoms with Crippen molar-refractivity contribution in [3.63, 3.8) is 0 Å². The van der Waals surface area contributed by atoms with Gasteiger partial charge >= 0.3 is 0 Å². The fourth-order valence-electron chi connectivity index (χ4n) is 3.02. The number of hydrogen-bond acceptors (Lipinski definition) is 9. The van der Waals surface area contributed by atoms with E-state index in [1.165, 1.54) is 6.92 Å². The molecular weight excluding hydrogens is 454 g/mol. The summed E-state index contributed by atoms with van der Waals surface area (Å²) in [7, 11) is -3.84. The highest BCUT2D eigenvalue weighted by molar-refractivity contribution is 7.91. The second-order valence-electron chi connectivity index (χ2n) is 7.28. The number of nitrogens with zero attached hydrogens (tertiary/aromatic N) is 4. The topological polar surface area (TPSA) is 153 Å².